The van der Waals surface area contributed by atoms with Gasteiger partial charge in [0.15, 0.2) is 11.5 Å². The minimum absolute atomic E-state index is 0.213. The van der Waals surface area contributed by atoms with Gasteiger partial charge in [0.2, 0.25) is 6.79 Å². The van der Waals surface area contributed by atoms with E-state index in [0.717, 1.165) is 5.56 Å². The van der Waals surface area contributed by atoms with Crippen molar-refractivity contribution >= 4 is 17.5 Å². The van der Waals surface area contributed by atoms with E-state index in [0.29, 0.717) is 28.6 Å². The van der Waals surface area contributed by atoms with E-state index in [2.05, 4.69) is 5.32 Å². The minimum atomic E-state index is -0.216. The van der Waals surface area contributed by atoms with Crippen LogP contribution in [0.3, 0.4) is 0 Å². The van der Waals surface area contributed by atoms with Crippen molar-refractivity contribution in [2.24, 2.45) is 0 Å². The van der Waals surface area contributed by atoms with Crippen LogP contribution in [0.2, 0.25) is 5.02 Å². The van der Waals surface area contributed by atoms with Crippen LogP contribution in [-0.4, -0.2) is 12.7 Å². The molecule has 3 rings (SSSR count). The first-order chi connectivity index (χ1) is 9.75. The van der Waals surface area contributed by atoms with Crippen molar-refractivity contribution in [1.82, 2.24) is 5.32 Å². The summed E-state index contributed by atoms with van der Waals surface area (Å²) in [5.41, 5.74) is 1.33. The molecule has 1 aliphatic heterocycles. The Labute approximate surface area is 121 Å². The van der Waals surface area contributed by atoms with Crippen LogP contribution >= 0.6 is 11.6 Å². The Morgan fingerprint density at radius 3 is 2.85 bits per heavy atom. The molecule has 2 aromatic rings. The highest BCUT2D eigenvalue weighted by Crippen LogP contribution is 2.35. The summed E-state index contributed by atoms with van der Waals surface area (Å²) in [6, 6.07) is 12.5. The molecular formula is C15H12ClNO3. The smallest absolute Gasteiger partial charge is 0.253 e. The standard InChI is InChI=1S/C15H12ClNO3/c16-12-6-2-1-5-11(12)15(18)17-8-10-4-3-7-13-14(10)20-9-19-13/h1-7H,8-9H2,(H,17,18). The lowest BCUT2D eigenvalue weighted by molar-refractivity contribution is 0.0951. The molecule has 0 aromatic heterocycles. The maximum Gasteiger partial charge on any atom is 0.253 e. The second kappa shape index (κ2) is 5.43. The van der Waals surface area contributed by atoms with Crippen molar-refractivity contribution < 1.29 is 14.3 Å². The summed E-state index contributed by atoms with van der Waals surface area (Å²) in [6.45, 7) is 0.571. The molecule has 0 atom stereocenters. The fourth-order valence-electron chi connectivity index (χ4n) is 2.05. The van der Waals surface area contributed by atoms with Crippen LogP contribution in [0.1, 0.15) is 15.9 Å². The summed E-state index contributed by atoms with van der Waals surface area (Å²) in [7, 11) is 0. The normalized spacial score (nSPS) is 12.2. The number of hydrogen-bond acceptors (Lipinski definition) is 3. The van der Waals surface area contributed by atoms with E-state index in [1.54, 1.807) is 24.3 Å². The molecule has 0 saturated heterocycles. The van der Waals surface area contributed by atoms with Gasteiger partial charge in [-0.05, 0) is 18.2 Å². The zero-order valence-electron chi connectivity index (χ0n) is 10.6. The van der Waals surface area contributed by atoms with E-state index in [9.17, 15) is 4.79 Å². The molecule has 102 valence electrons. The number of fused-ring (bicyclic) bond motifs is 1. The third-order valence-corrected chi connectivity index (χ3v) is 3.37. The van der Waals surface area contributed by atoms with Gasteiger partial charge in [-0.15, -0.1) is 0 Å². The molecule has 0 unspecified atom stereocenters. The summed E-state index contributed by atoms with van der Waals surface area (Å²) in [6.07, 6.45) is 0. The quantitative estimate of drug-likeness (QED) is 0.945. The molecule has 0 aliphatic carbocycles. The summed E-state index contributed by atoms with van der Waals surface area (Å²) < 4.78 is 10.7. The highest BCUT2D eigenvalue weighted by Gasteiger charge is 2.18. The number of rotatable bonds is 3. The summed E-state index contributed by atoms with van der Waals surface area (Å²) in [5, 5.41) is 3.26. The number of carbonyl (C=O) groups is 1. The molecule has 0 radical (unpaired) electrons. The van der Waals surface area contributed by atoms with Gasteiger partial charge in [0.05, 0.1) is 10.6 Å². The Morgan fingerprint density at radius 1 is 1.15 bits per heavy atom. The molecule has 1 N–H and O–H groups in total. The lowest BCUT2D eigenvalue weighted by Gasteiger charge is -2.08. The van der Waals surface area contributed by atoms with Crippen molar-refractivity contribution in [3.63, 3.8) is 0 Å². The molecule has 0 saturated carbocycles. The third-order valence-electron chi connectivity index (χ3n) is 3.04. The molecule has 5 heteroatoms. The molecule has 1 aliphatic rings. The fourth-order valence-corrected chi connectivity index (χ4v) is 2.27. The van der Waals surface area contributed by atoms with Crippen LogP contribution in [0.25, 0.3) is 0 Å². The fraction of sp³-hybridized carbons (Fsp3) is 0.133. The van der Waals surface area contributed by atoms with E-state index in [1.165, 1.54) is 0 Å². The second-order valence-electron chi connectivity index (χ2n) is 4.31. The van der Waals surface area contributed by atoms with Crippen LogP contribution in [-0.2, 0) is 6.54 Å². The first-order valence-corrected chi connectivity index (χ1v) is 6.54. The van der Waals surface area contributed by atoms with Crippen molar-refractivity contribution in [3.05, 3.63) is 58.6 Å². The Morgan fingerprint density at radius 2 is 2.00 bits per heavy atom. The number of para-hydroxylation sites is 1. The Balaban J connectivity index is 1.73. The van der Waals surface area contributed by atoms with Gasteiger partial charge < -0.3 is 14.8 Å². The number of nitrogens with one attached hydrogen (secondary N) is 1. The van der Waals surface area contributed by atoms with Gasteiger partial charge in [0.25, 0.3) is 5.91 Å². The second-order valence-corrected chi connectivity index (χ2v) is 4.72. The zero-order valence-corrected chi connectivity index (χ0v) is 11.3. The average molecular weight is 290 g/mol. The Hall–Kier alpha value is -2.20. The minimum Gasteiger partial charge on any atom is -0.454 e. The largest absolute Gasteiger partial charge is 0.454 e. The number of amides is 1. The number of ether oxygens (including phenoxy) is 2. The van der Waals surface area contributed by atoms with Gasteiger partial charge in [-0.3, -0.25) is 4.79 Å². The predicted octanol–water partition coefficient (Wildman–Crippen LogP) is 3.00. The first-order valence-electron chi connectivity index (χ1n) is 6.16. The summed E-state index contributed by atoms with van der Waals surface area (Å²) in [5.74, 6) is 1.17. The van der Waals surface area contributed by atoms with E-state index < -0.39 is 0 Å². The van der Waals surface area contributed by atoms with E-state index in [1.807, 2.05) is 18.2 Å². The van der Waals surface area contributed by atoms with E-state index in [4.69, 9.17) is 21.1 Å². The summed E-state index contributed by atoms with van der Waals surface area (Å²) >= 11 is 5.99. The van der Waals surface area contributed by atoms with Gasteiger partial charge in [-0.1, -0.05) is 35.9 Å². The van der Waals surface area contributed by atoms with E-state index in [-0.39, 0.29) is 12.7 Å². The van der Waals surface area contributed by atoms with Crippen molar-refractivity contribution in [2.75, 3.05) is 6.79 Å². The van der Waals surface area contributed by atoms with Gasteiger partial charge in [0.1, 0.15) is 0 Å². The molecule has 1 heterocycles. The lowest BCUT2D eigenvalue weighted by Crippen LogP contribution is -2.23. The van der Waals surface area contributed by atoms with Crippen LogP contribution in [0, 0.1) is 0 Å². The molecule has 0 spiro atoms. The molecular weight excluding hydrogens is 278 g/mol. The lowest BCUT2D eigenvalue weighted by atomic mass is 10.1. The average Bonchev–Trinajstić information content (AvgIpc) is 2.94. The van der Waals surface area contributed by atoms with Crippen molar-refractivity contribution in [1.29, 1.82) is 0 Å². The van der Waals surface area contributed by atoms with Crippen LogP contribution < -0.4 is 14.8 Å². The van der Waals surface area contributed by atoms with Gasteiger partial charge in [-0.25, -0.2) is 0 Å². The van der Waals surface area contributed by atoms with Crippen LogP contribution in [0.4, 0.5) is 0 Å². The van der Waals surface area contributed by atoms with Gasteiger partial charge in [-0.2, -0.15) is 0 Å². The third kappa shape index (κ3) is 2.42. The Kier molecular flexibility index (Phi) is 3.48. The zero-order chi connectivity index (χ0) is 13.9. The highest BCUT2D eigenvalue weighted by molar-refractivity contribution is 6.33. The number of carbonyl (C=O) groups excluding carboxylic acids is 1. The van der Waals surface area contributed by atoms with Crippen molar-refractivity contribution in [2.45, 2.75) is 6.54 Å². The predicted molar refractivity (Wildman–Crippen MR) is 75.2 cm³/mol. The maximum absolute atomic E-state index is 12.1. The summed E-state index contributed by atoms with van der Waals surface area (Å²) in [4.78, 5) is 12.1. The molecule has 4 nitrogen and oxygen atoms in total. The molecule has 2 aromatic carbocycles. The van der Waals surface area contributed by atoms with Gasteiger partial charge >= 0.3 is 0 Å². The Bertz CT molecular complexity index is 657. The maximum atomic E-state index is 12.1. The molecule has 20 heavy (non-hydrogen) atoms. The number of hydrogen-bond donors (Lipinski definition) is 1. The number of benzene rings is 2. The van der Waals surface area contributed by atoms with Crippen molar-refractivity contribution in [3.8, 4) is 11.5 Å². The van der Waals surface area contributed by atoms with Crippen LogP contribution in [0.15, 0.2) is 42.5 Å². The van der Waals surface area contributed by atoms with Crippen LogP contribution in [0.5, 0.6) is 11.5 Å². The van der Waals surface area contributed by atoms with Gasteiger partial charge in [0, 0.05) is 12.1 Å². The molecule has 0 bridgehead atoms. The first kappa shape index (κ1) is 12.8. The van der Waals surface area contributed by atoms with E-state index >= 15 is 0 Å². The topological polar surface area (TPSA) is 47.6 Å². The monoisotopic (exact) mass is 289 g/mol. The molecule has 1 amide bonds. The number of halogens is 1. The molecule has 0 fully saturated rings. The SMILES string of the molecule is O=C(NCc1cccc2c1OCO2)c1ccccc1Cl. The highest BCUT2D eigenvalue weighted by atomic mass is 35.5.